The van der Waals surface area contributed by atoms with Gasteiger partial charge in [-0.25, -0.2) is 0 Å². The zero-order valence-corrected chi connectivity index (χ0v) is 12.8. The molecule has 0 amide bonds. The molecule has 3 rings (SSSR count). The Labute approximate surface area is 122 Å². The first-order valence-corrected chi connectivity index (χ1v) is 8.40. The molecule has 0 radical (unpaired) electrons. The van der Waals surface area contributed by atoms with E-state index in [2.05, 4.69) is 17.1 Å². The van der Waals surface area contributed by atoms with E-state index in [9.17, 15) is 5.11 Å². The first kappa shape index (κ1) is 14.2. The number of likely N-dealkylation sites (tertiary alicyclic amines) is 1. The Morgan fingerprint density at radius 3 is 2.40 bits per heavy atom. The Hall–Kier alpha value is -0.770. The molecule has 0 aromatic heterocycles. The molecular formula is C16H29N3O. The van der Waals surface area contributed by atoms with E-state index in [1.807, 2.05) is 0 Å². The maximum Gasteiger partial charge on any atom is 0.193 e. The quantitative estimate of drug-likeness (QED) is 0.610. The third kappa shape index (κ3) is 2.95. The summed E-state index contributed by atoms with van der Waals surface area (Å²) in [5, 5.41) is 12.9. The highest BCUT2D eigenvalue weighted by atomic mass is 16.3. The Morgan fingerprint density at radius 2 is 1.90 bits per heavy atom. The van der Waals surface area contributed by atoms with Crippen LogP contribution in [0.1, 0.15) is 45.4 Å². The van der Waals surface area contributed by atoms with Crippen LogP contribution in [0.4, 0.5) is 0 Å². The minimum atomic E-state index is 0.118. The summed E-state index contributed by atoms with van der Waals surface area (Å²) in [5.41, 5.74) is 0.118. The predicted molar refractivity (Wildman–Crippen MR) is 81.8 cm³/mol. The van der Waals surface area contributed by atoms with Crippen LogP contribution in [0.25, 0.3) is 0 Å². The summed E-state index contributed by atoms with van der Waals surface area (Å²) in [6.45, 7) is 6.51. The smallest absolute Gasteiger partial charge is 0.193 e. The van der Waals surface area contributed by atoms with E-state index in [1.54, 1.807) is 0 Å². The lowest BCUT2D eigenvalue weighted by Gasteiger charge is -2.22. The van der Waals surface area contributed by atoms with Crippen molar-refractivity contribution in [2.75, 3.05) is 32.8 Å². The molecule has 2 N–H and O–H groups in total. The molecule has 3 fully saturated rings. The van der Waals surface area contributed by atoms with Crippen LogP contribution < -0.4 is 5.32 Å². The van der Waals surface area contributed by atoms with Crippen LogP contribution in [-0.2, 0) is 0 Å². The van der Waals surface area contributed by atoms with Crippen molar-refractivity contribution < 1.29 is 5.11 Å². The van der Waals surface area contributed by atoms with Crippen molar-refractivity contribution in [1.29, 1.82) is 0 Å². The van der Waals surface area contributed by atoms with Gasteiger partial charge in [-0.15, -0.1) is 0 Å². The minimum absolute atomic E-state index is 0.118. The van der Waals surface area contributed by atoms with Gasteiger partial charge in [0, 0.05) is 25.0 Å². The fourth-order valence-corrected chi connectivity index (χ4v) is 3.79. The molecule has 2 unspecified atom stereocenters. The van der Waals surface area contributed by atoms with Crippen LogP contribution >= 0.6 is 0 Å². The highest BCUT2D eigenvalue weighted by Gasteiger charge is 2.42. The summed E-state index contributed by atoms with van der Waals surface area (Å²) in [7, 11) is 0. The van der Waals surface area contributed by atoms with Crippen LogP contribution in [0.3, 0.4) is 0 Å². The third-order valence-electron chi connectivity index (χ3n) is 5.47. The lowest BCUT2D eigenvalue weighted by atomic mass is 9.82. The number of hydrogen-bond acceptors (Lipinski definition) is 2. The van der Waals surface area contributed by atoms with Crippen LogP contribution in [0, 0.1) is 17.3 Å². The summed E-state index contributed by atoms with van der Waals surface area (Å²) >= 11 is 0. The predicted octanol–water partition coefficient (Wildman–Crippen LogP) is 1.85. The van der Waals surface area contributed by atoms with Crippen molar-refractivity contribution in [3.8, 4) is 0 Å². The van der Waals surface area contributed by atoms with E-state index < -0.39 is 0 Å². The van der Waals surface area contributed by atoms with Gasteiger partial charge in [0.05, 0.1) is 13.2 Å². The molecule has 0 spiro atoms. The number of nitrogens with zero attached hydrogens (tertiary/aromatic N) is 2. The fraction of sp³-hybridized carbons (Fsp3) is 0.938. The van der Waals surface area contributed by atoms with Crippen molar-refractivity contribution in [3.63, 3.8) is 0 Å². The summed E-state index contributed by atoms with van der Waals surface area (Å²) < 4.78 is 0. The van der Waals surface area contributed by atoms with Crippen molar-refractivity contribution >= 4 is 5.96 Å². The zero-order chi connectivity index (χ0) is 14.0. The molecule has 2 saturated carbocycles. The average Bonchev–Trinajstić information content (AvgIpc) is 3.13. The van der Waals surface area contributed by atoms with E-state index in [0.717, 1.165) is 43.7 Å². The number of aliphatic imine (C=N–C) groups is 1. The summed E-state index contributed by atoms with van der Waals surface area (Å²) in [4.78, 5) is 7.30. The molecule has 0 aromatic carbocycles. The molecule has 1 heterocycles. The molecule has 0 aromatic rings. The first-order valence-electron chi connectivity index (χ1n) is 8.40. The monoisotopic (exact) mass is 279 g/mol. The van der Waals surface area contributed by atoms with E-state index in [0.29, 0.717) is 6.61 Å². The summed E-state index contributed by atoms with van der Waals surface area (Å²) in [6.07, 6.45) is 7.91. The molecule has 1 aliphatic heterocycles. The number of rotatable bonds is 4. The Kier molecular flexibility index (Phi) is 4.20. The SMILES string of the molecule is CCNC(=NCC1(CO)CC1)N1CC2CCCCC2C1. The van der Waals surface area contributed by atoms with Gasteiger partial charge in [0.1, 0.15) is 0 Å². The maximum absolute atomic E-state index is 9.43. The largest absolute Gasteiger partial charge is 0.396 e. The van der Waals surface area contributed by atoms with Gasteiger partial charge in [-0.2, -0.15) is 0 Å². The number of fused-ring (bicyclic) bond motifs is 1. The van der Waals surface area contributed by atoms with Crippen molar-refractivity contribution in [3.05, 3.63) is 0 Å². The van der Waals surface area contributed by atoms with E-state index in [4.69, 9.17) is 4.99 Å². The van der Waals surface area contributed by atoms with Gasteiger partial charge in [-0.05, 0) is 44.4 Å². The number of guanidine groups is 1. The van der Waals surface area contributed by atoms with Crippen molar-refractivity contribution in [2.24, 2.45) is 22.2 Å². The van der Waals surface area contributed by atoms with Gasteiger partial charge in [0.2, 0.25) is 0 Å². The number of nitrogens with one attached hydrogen (secondary N) is 1. The lowest BCUT2D eigenvalue weighted by Crippen LogP contribution is -2.40. The normalized spacial score (nSPS) is 32.1. The van der Waals surface area contributed by atoms with Crippen LogP contribution in [-0.4, -0.2) is 48.8 Å². The first-order chi connectivity index (χ1) is 9.76. The lowest BCUT2D eigenvalue weighted by molar-refractivity contribution is 0.216. The Balaban J connectivity index is 1.63. The van der Waals surface area contributed by atoms with Crippen LogP contribution in [0.2, 0.25) is 0 Å². The summed E-state index contributed by atoms with van der Waals surface area (Å²) in [5.74, 6) is 2.86. The van der Waals surface area contributed by atoms with Crippen LogP contribution in [0.5, 0.6) is 0 Å². The summed E-state index contributed by atoms with van der Waals surface area (Å²) in [6, 6.07) is 0. The average molecular weight is 279 g/mol. The molecule has 2 aliphatic carbocycles. The van der Waals surface area contributed by atoms with Gasteiger partial charge >= 0.3 is 0 Å². The second-order valence-electron chi connectivity index (χ2n) is 7.04. The topological polar surface area (TPSA) is 47.9 Å². The second-order valence-corrected chi connectivity index (χ2v) is 7.04. The van der Waals surface area contributed by atoms with Crippen LogP contribution in [0.15, 0.2) is 4.99 Å². The number of aliphatic hydroxyl groups is 1. The third-order valence-corrected chi connectivity index (χ3v) is 5.47. The highest BCUT2D eigenvalue weighted by molar-refractivity contribution is 5.80. The minimum Gasteiger partial charge on any atom is -0.396 e. The fourth-order valence-electron chi connectivity index (χ4n) is 3.79. The maximum atomic E-state index is 9.43. The Bertz CT molecular complexity index is 351. The standard InChI is InChI=1S/C16H29N3O/c1-2-17-15(18-11-16(12-20)7-8-16)19-9-13-5-3-4-6-14(13)10-19/h13-14,20H,2-12H2,1H3,(H,17,18). The number of hydrogen-bond donors (Lipinski definition) is 2. The van der Waals surface area contributed by atoms with Gasteiger partial charge in [-0.1, -0.05) is 12.8 Å². The molecule has 2 atom stereocenters. The van der Waals surface area contributed by atoms with E-state index >= 15 is 0 Å². The van der Waals surface area contributed by atoms with Gasteiger partial charge in [0.15, 0.2) is 5.96 Å². The number of aliphatic hydroxyl groups excluding tert-OH is 1. The Morgan fingerprint density at radius 1 is 1.25 bits per heavy atom. The molecule has 4 nitrogen and oxygen atoms in total. The molecule has 114 valence electrons. The van der Waals surface area contributed by atoms with E-state index in [1.165, 1.54) is 38.8 Å². The van der Waals surface area contributed by atoms with Gasteiger partial charge in [-0.3, -0.25) is 4.99 Å². The van der Waals surface area contributed by atoms with Gasteiger partial charge in [0.25, 0.3) is 0 Å². The van der Waals surface area contributed by atoms with Crippen molar-refractivity contribution in [1.82, 2.24) is 10.2 Å². The molecule has 0 bridgehead atoms. The molecule has 1 saturated heterocycles. The zero-order valence-electron chi connectivity index (χ0n) is 12.8. The highest BCUT2D eigenvalue weighted by Crippen LogP contribution is 2.45. The molecule has 4 heteroatoms. The second kappa shape index (κ2) is 5.92. The molecular weight excluding hydrogens is 250 g/mol. The van der Waals surface area contributed by atoms with E-state index in [-0.39, 0.29) is 5.41 Å². The molecule has 20 heavy (non-hydrogen) atoms. The molecule has 3 aliphatic rings. The van der Waals surface area contributed by atoms with Crippen molar-refractivity contribution in [2.45, 2.75) is 45.4 Å². The van der Waals surface area contributed by atoms with Gasteiger partial charge < -0.3 is 15.3 Å².